The fraction of sp³-hybridized carbons (Fsp3) is 0.478. The van der Waals surface area contributed by atoms with Crippen molar-refractivity contribution in [2.24, 2.45) is 0 Å². The van der Waals surface area contributed by atoms with Gasteiger partial charge in [0.2, 0.25) is 0 Å². The summed E-state index contributed by atoms with van der Waals surface area (Å²) in [6, 6.07) is 4.21. The van der Waals surface area contributed by atoms with Crippen molar-refractivity contribution in [1.29, 1.82) is 0 Å². The summed E-state index contributed by atoms with van der Waals surface area (Å²) >= 11 is 0. The van der Waals surface area contributed by atoms with Crippen LogP contribution in [0.15, 0.2) is 24.5 Å². The van der Waals surface area contributed by atoms with E-state index in [-0.39, 0.29) is 6.10 Å². The molecule has 28 heavy (non-hydrogen) atoms. The number of benzene rings is 1. The normalized spacial score (nSPS) is 12.5. The molecule has 2 aromatic heterocycles. The van der Waals surface area contributed by atoms with Gasteiger partial charge in [-0.25, -0.2) is 4.98 Å². The maximum Gasteiger partial charge on any atom is 0.164 e. The summed E-state index contributed by atoms with van der Waals surface area (Å²) in [5, 5.41) is 0. The van der Waals surface area contributed by atoms with Crippen LogP contribution in [0, 0.1) is 13.8 Å². The van der Waals surface area contributed by atoms with Gasteiger partial charge in [0.05, 0.1) is 24.6 Å². The minimum atomic E-state index is 0.0382. The molecule has 0 bridgehead atoms. The van der Waals surface area contributed by atoms with Gasteiger partial charge in [0.1, 0.15) is 11.4 Å². The van der Waals surface area contributed by atoms with Crippen LogP contribution in [0.25, 0.3) is 16.9 Å². The van der Waals surface area contributed by atoms with Gasteiger partial charge in [-0.05, 0) is 50.8 Å². The van der Waals surface area contributed by atoms with Crippen molar-refractivity contribution >= 4 is 5.65 Å². The van der Waals surface area contributed by atoms with E-state index in [9.17, 15) is 0 Å². The van der Waals surface area contributed by atoms with Crippen molar-refractivity contribution in [2.75, 3.05) is 13.7 Å². The van der Waals surface area contributed by atoms with Gasteiger partial charge in [0.15, 0.2) is 5.65 Å². The van der Waals surface area contributed by atoms with Crippen LogP contribution in [-0.2, 0) is 11.2 Å². The Morgan fingerprint density at radius 3 is 2.57 bits per heavy atom. The SMILES string of the molecule is CCCC(OCC)c1c(CC)nc2c(-c3c(C)cc(C)cc3OC)nccn12. The number of imidazole rings is 1. The molecule has 0 radical (unpaired) electrons. The lowest BCUT2D eigenvalue weighted by Gasteiger charge is -2.18. The van der Waals surface area contributed by atoms with Gasteiger partial charge in [-0.2, -0.15) is 0 Å². The number of ether oxygens (including phenoxy) is 2. The topological polar surface area (TPSA) is 48.7 Å². The van der Waals surface area contributed by atoms with E-state index in [1.807, 2.05) is 19.3 Å². The molecule has 0 aliphatic rings. The zero-order chi connectivity index (χ0) is 20.3. The second-order valence-electron chi connectivity index (χ2n) is 7.16. The summed E-state index contributed by atoms with van der Waals surface area (Å²) in [5.74, 6) is 0.829. The van der Waals surface area contributed by atoms with E-state index < -0.39 is 0 Å². The molecule has 0 saturated heterocycles. The third-order valence-corrected chi connectivity index (χ3v) is 5.11. The Bertz CT molecular complexity index is 956. The van der Waals surface area contributed by atoms with Crippen molar-refractivity contribution in [2.45, 2.75) is 60.0 Å². The Morgan fingerprint density at radius 1 is 1.14 bits per heavy atom. The average molecular weight is 382 g/mol. The molecule has 1 unspecified atom stereocenters. The third-order valence-electron chi connectivity index (χ3n) is 5.11. The fourth-order valence-electron chi connectivity index (χ4n) is 3.98. The van der Waals surface area contributed by atoms with Gasteiger partial charge in [0.25, 0.3) is 0 Å². The molecule has 0 amide bonds. The molecule has 150 valence electrons. The Morgan fingerprint density at radius 2 is 1.93 bits per heavy atom. The maximum absolute atomic E-state index is 6.10. The summed E-state index contributed by atoms with van der Waals surface area (Å²) in [6.07, 6.45) is 6.77. The number of hydrogen-bond acceptors (Lipinski definition) is 4. The Balaban J connectivity index is 2.29. The minimum Gasteiger partial charge on any atom is -0.496 e. The van der Waals surface area contributed by atoms with E-state index in [2.05, 4.69) is 44.2 Å². The number of aromatic nitrogens is 3. The van der Waals surface area contributed by atoms with Gasteiger partial charge in [0, 0.05) is 24.6 Å². The largest absolute Gasteiger partial charge is 0.496 e. The zero-order valence-corrected chi connectivity index (χ0v) is 17.9. The van der Waals surface area contributed by atoms with Crippen LogP contribution in [0.4, 0.5) is 0 Å². The summed E-state index contributed by atoms with van der Waals surface area (Å²) in [7, 11) is 1.71. The molecule has 0 aliphatic heterocycles. The van der Waals surface area contributed by atoms with Crippen molar-refractivity contribution in [3.8, 4) is 17.0 Å². The van der Waals surface area contributed by atoms with E-state index in [1.54, 1.807) is 7.11 Å². The monoisotopic (exact) mass is 381 g/mol. The van der Waals surface area contributed by atoms with E-state index in [0.29, 0.717) is 6.61 Å². The molecule has 5 heteroatoms. The second-order valence-corrected chi connectivity index (χ2v) is 7.16. The molecule has 0 fully saturated rings. The van der Waals surface area contributed by atoms with E-state index in [0.717, 1.165) is 58.9 Å². The molecule has 0 N–H and O–H groups in total. The highest BCUT2D eigenvalue weighted by atomic mass is 16.5. The molecular formula is C23H31N3O2. The minimum absolute atomic E-state index is 0.0382. The number of rotatable bonds is 8. The first-order valence-electron chi connectivity index (χ1n) is 10.2. The number of nitrogens with zero attached hydrogens (tertiary/aromatic N) is 3. The van der Waals surface area contributed by atoms with Crippen LogP contribution in [0.1, 0.15) is 62.2 Å². The molecule has 1 atom stereocenters. The highest BCUT2D eigenvalue weighted by molar-refractivity contribution is 5.81. The fourth-order valence-corrected chi connectivity index (χ4v) is 3.98. The van der Waals surface area contributed by atoms with E-state index >= 15 is 0 Å². The molecule has 0 saturated carbocycles. The molecular weight excluding hydrogens is 350 g/mol. The highest BCUT2D eigenvalue weighted by Gasteiger charge is 2.24. The molecule has 0 spiro atoms. The van der Waals surface area contributed by atoms with Crippen LogP contribution < -0.4 is 4.74 Å². The highest BCUT2D eigenvalue weighted by Crippen LogP contribution is 2.37. The van der Waals surface area contributed by atoms with E-state index in [4.69, 9.17) is 19.4 Å². The first kappa shape index (κ1) is 20.3. The molecule has 0 aliphatic carbocycles. The molecule has 5 nitrogen and oxygen atoms in total. The number of fused-ring (bicyclic) bond motifs is 1. The van der Waals surface area contributed by atoms with Crippen LogP contribution in [-0.4, -0.2) is 28.1 Å². The summed E-state index contributed by atoms with van der Waals surface area (Å²) in [5.41, 5.74) is 7.24. The summed E-state index contributed by atoms with van der Waals surface area (Å²) in [6.45, 7) is 11.2. The van der Waals surface area contributed by atoms with Crippen molar-refractivity contribution in [3.05, 3.63) is 47.0 Å². The van der Waals surface area contributed by atoms with Crippen molar-refractivity contribution in [3.63, 3.8) is 0 Å². The van der Waals surface area contributed by atoms with Crippen LogP contribution >= 0.6 is 0 Å². The average Bonchev–Trinajstić information content (AvgIpc) is 3.06. The summed E-state index contributed by atoms with van der Waals surface area (Å²) in [4.78, 5) is 9.71. The van der Waals surface area contributed by atoms with Gasteiger partial charge >= 0.3 is 0 Å². The Hall–Kier alpha value is -2.40. The Kier molecular flexibility index (Phi) is 6.35. The lowest BCUT2D eigenvalue weighted by molar-refractivity contribution is 0.0514. The first-order chi connectivity index (χ1) is 13.5. The molecule has 3 aromatic rings. The molecule has 3 rings (SSSR count). The van der Waals surface area contributed by atoms with Crippen molar-refractivity contribution in [1.82, 2.24) is 14.4 Å². The number of hydrogen-bond donors (Lipinski definition) is 0. The molecule has 1 aromatic carbocycles. The lowest BCUT2D eigenvalue weighted by Crippen LogP contribution is -2.10. The zero-order valence-electron chi connectivity index (χ0n) is 17.9. The Labute approximate surface area is 167 Å². The third kappa shape index (κ3) is 3.63. The summed E-state index contributed by atoms with van der Waals surface area (Å²) < 4.78 is 14.0. The predicted molar refractivity (Wildman–Crippen MR) is 113 cm³/mol. The predicted octanol–water partition coefficient (Wildman–Crippen LogP) is 5.46. The van der Waals surface area contributed by atoms with E-state index in [1.165, 1.54) is 5.56 Å². The van der Waals surface area contributed by atoms with Crippen LogP contribution in [0.5, 0.6) is 5.75 Å². The van der Waals surface area contributed by atoms with Crippen LogP contribution in [0.3, 0.4) is 0 Å². The van der Waals surface area contributed by atoms with Gasteiger partial charge in [-0.1, -0.05) is 26.3 Å². The maximum atomic E-state index is 6.10. The smallest absolute Gasteiger partial charge is 0.164 e. The van der Waals surface area contributed by atoms with Crippen molar-refractivity contribution < 1.29 is 9.47 Å². The lowest BCUT2D eigenvalue weighted by atomic mass is 10.0. The quantitative estimate of drug-likeness (QED) is 0.520. The second kappa shape index (κ2) is 8.74. The standard InChI is InChI=1S/C23H31N3O2/c1-7-10-18(28-9-3)22-17(8-2)25-23-21(24-11-12-26(22)23)20-16(5)13-15(4)14-19(20)27-6/h11-14,18H,7-10H2,1-6H3. The number of aryl methyl sites for hydroxylation is 3. The molecule has 2 heterocycles. The van der Waals surface area contributed by atoms with Gasteiger partial charge in [-0.15, -0.1) is 0 Å². The van der Waals surface area contributed by atoms with Crippen LogP contribution in [0.2, 0.25) is 0 Å². The first-order valence-corrected chi connectivity index (χ1v) is 10.2. The number of methoxy groups -OCH3 is 1. The van der Waals surface area contributed by atoms with Gasteiger partial charge < -0.3 is 9.47 Å². The van der Waals surface area contributed by atoms with Gasteiger partial charge in [-0.3, -0.25) is 9.38 Å².